The summed E-state index contributed by atoms with van der Waals surface area (Å²) in [5.74, 6) is -2.08. The van der Waals surface area contributed by atoms with Crippen molar-refractivity contribution in [3.63, 3.8) is 0 Å². The van der Waals surface area contributed by atoms with Gasteiger partial charge in [-0.15, -0.1) is 0 Å². The van der Waals surface area contributed by atoms with Crippen molar-refractivity contribution in [3.8, 4) is 6.07 Å². The van der Waals surface area contributed by atoms with Crippen molar-refractivity contribution in [2.24, 2.45) is 0 Å². The summed E-state index contributed by atoms with van der Waals surface area (Å²) in [7, 11) is 0. The van der Waals surface area contributed by atoms with E-state index >= 15 is 4.39 Å². The van der Waals surface area contributed by atoms with Crippen molar-refractivity contribution in [2.45, 2.75) is 45.4 Å². The van der Waals surface area contributed by atoms with Crippen LogP contribution in [0.2, 0.25) is 0 Å². The molecule has 182 valence electrons. The standard InChI is InChI=1S/C32H28F3N/c1-2-3-4-5-22-6-8-23(9-7-22)10-11-24-13-17-28-27(18-24)16-15-26(32(28)35)14-12-25-19-30(33)29(21-36)31(34)20-25/h2-3,6-9,13,15-20H,4-5,10-12,14H2,1H3/b3-2+. The Labute approximate surface area is 210 Å². The van der Waals surface area contributed by atoms with Crippen molar-refractivity contribution >= 4 is 10.8 Å². The molecule has 0 fully saturated rings. The Bertz CT molecular complexity index is 1410. The Morgan fingerprint density at radius 1 is 0.694 bits per heavy atom. The average molecular weight is 484 g/mol. The molecule has 4 aromatic carbocycles. The Hall–Kier alpha value is -3.84. The van der Waals surface area contributed by atoms with E-state index in [1.807, 2.05) is 31.2 Å². The van der Waals surface area contributed by atoms with Crippen LogP contribution in [-0.2, 0) is 32.1 Å². The SMILES string of the molecule is C/C=C/CCc1ccc(CCc2ccc3c(F)c(CCc4cc(F)c(C#N)c(F)c4)ccc3c2)cc1. The molecule has 4 aromatic rings. The number of benzene rings is 4. The molecule has 0 bridgehead atoms. The molecule has 0 saturated carbocycles. The fourth-order valence-electron chi connectivity index (χ4n) is 4.47. The molecule has 0 saturated heterocycles. The van der Waals surface area contributed by atoms with E-state index in [-0.39, 0.29) is 12.2 Å². The van der Waals surface area contributed by atoms with Crippen LogP contribution in [0.3, 0.4) is 0 Å². The number of hydrogen-bond acceptors (Lipinski definition) is 1. The van der Waals surface area contributed by atoms with Gasteiger partial charge in [0.1, 0.15) is 29.1 Å². The first-order chi connectivity index (χ1) is 17.5. The molecule has 0 aliphatic rings. The molecule has 0 N–H and O–H groups in total. The summed E-state index contributed by atoms with van der Waals surface area (Å²) in [4.78, 5) is 0. The van der Waals surface area contributed by atoms with Gasteiger partial charge >= 0.3 is 0 Å². The van der Waals surface area contributed by atoms with Crippen molar-refractivity contribution in [1.82, 2.24) is 0 Å². The summed E-state index contributed by atoms with van der Waals surface area (Å²) in [6.45, 7) is 2.04. The number of hydrogen-bond donors (Lipinski definition) is 0. The number of allylic oxidation sites excluding steroid dienone is 2. The van der Waals surface area contributed by atoms with Gasteiger partial charge < -0.3 is 0 Å². The van der Waals surface area contributed by atoms with Crippen LogP contribution in [0.4, 0.5) is 13.2 Å². The molecule has 36 heavy (non-hydrogen) atoms. The zero-order valence-electron chi connectivity index (χ0n) is 20.3. The summed E-state index contributed by atoms with van der Waals surface area (Å²) in [6.07, 6.45) is 8.71. The Morgan fingerprint density at radius 3 is 1.97 bits per heavy atom. The van der Waals surface area contributed by atoms with E-state index in [0.717, 1.165) is 48.8 Å². The van der Waals surface area contributed by atoms with Crippen molar-refractivity contribution in [2.75, 3.05) is 0 Å². The second-order valence-electron chi connectivity index (χ2n) is 9.06. The highest BCUT2D eigenvalue weighted by molar-refractivity contribution is 5.84. The second kappa shape index (κ2) is 11.7. The molecule has 0 aromatic heterocycles. The fourth-order valence-corrected chi connectivity index (χ4v) is 4.47. The predicted octanol–water partition coefficient (Wildman–Crippen LogP) is 8.21. The number of rotatable bonds is 9. The lowest BCUT2D eigenvalue weighted by atomic mass is 9.96. The molecule has 0 aliphatic carbocycles. The maximum Gasteiger partial charge on any atom is 0.144 e. The Balaban J connectivity index is 1.41. The average Bonchev–Trinajstić information content (AvgIpc) is 2.88. The third kappa shape index (κ3) is 6.04. The van der Waals surface area contributed by atoms with Crippen molar-refractivity contribution in [3.05, 3.63) is 130 Å². The molecule has 0 amide bonds. The molecule has 4 heteroatoms. The van der Waals surface area contributed by atoms with Crippen LogP contribution in [0, 0.1) is 28.8 Å². The van der Waals surface area contributed by atoms with Gasteiger partial charge in [-0.2, -0.15) is 5.26 Å². The van der Waals surface area contributed by atoms with E-state index in [1.165, 1.54) is 17.2 Å². The third-order valence-corrected chi connectivity index (χ3v) is 6.56. The topological polar surface area (TPSA) is 23.8 Å². The number of aryl methyl sites for hydroxylation is 5. The largest absolute Gasteiger partial charge is 0.206 e. The highest BCUT2D eigenvalue weighted by Crippen LogP contribution is 2.25. The molecule has 0 unspecified atom stereocenters. The Kier molecular flexibility index (Phi) is 8.23. The smallest absolute Gasteiger partial charge is 0.144 e. The first kappa shape index (κ1) is 25.3. The van der Waals surface area contributed by atoms with Gasteiger partial charge in [0.15, 0.2) is 0 Å². The van der Waals surface area contributed by atoms with Gasteiger partial charge in [-0.25, -0.2) is 13.2 Å². The lowest BCUT2D eigenvalue weighted by Crippen LogP contribution is -1.99. The molecule has 0 spiro atoms. The van der Waals surface area contributed by atoms with Gasteiger partial charge in [-0.05, 0) is 90.8 Å². The van der Waals surface area contributed by atoms with Gasteiger partial charge in [-0.3, -0.25) is 0 Å². The number of nitriles is 1. The first-order valence-corrected chi connectivity index (χ1v) is 12.3. The Morgan fingerprint density at radius 2 is 1.31 bits per heavy atom. The van der Waals surface area contributed by atoms with Gasteiger partial charge in [0.25, 0.3) is 0 Å². The molecule has 0 aliphatic heterocycles. The van der Waals surface area contributed by atoms with Gasteiger partial charge in [-0.1, -0.05) is 66.7 Å². The highest BCUT2D eigenvalue weighted by atomic mass is 19.1. The lowest BCUT2D eigenvalue weighted by molar-refractivity contribution is 0.572. The molecule has 1 nitrogen and oxygen atoms in total. The van der Waals surface area contributed by atoms with E-state index in [9.17, 15) is 8.78 Å². The van der Waals surface area contributed by atoms with Crippen LogP contribution < -0.4 is 0 Å². The number of nitrogens with zero attached hydrogens (tertiary/aromatic N) is 1. The lowest BCUT2D eigenvalue weighted by Gasteiger charge is -2.10. The van der Waals surface area contributed by atoms with Crippen LogP contribution in [0.15, 0.2) is 78.9 Å². The maximum atomic E-state index is 15.2. The van der Waals surface area contributed by atoms with E-state index in [0.29, 0.717) is 22.9 Å². The van der Waals surface area contributed by atoms with Crippen LogP contribution >= 0.6 is 0 Å². The van der Waals surface area contributed by atoms with Gasteiger partial charge in [0.05, 0.1) is 0 Å². The highest BCUT2D eigenvalue weighted by Gasteiger charge is 2.13. The first-order valence-electron chi connectivity index (χ1n) is 12.3. The summed E-state index contributed by atoms with van der Waals surface area (Å²) < 4.78 is 42.9. The normalized spacial score (nSPS) is 11.3. The zero-order valence-corrected chi connectivity index (χ0v) is 20.3. The van der Waals surface area contributed by atoms with E-state index in [1.54, 1.807) is 6.07 Å². The van der Waals surface area contributed by atoms with E-state index in [4.69, 9.17) is 5.26 Å². The number of fused-ring (bicyclic) bond motifs is 1. The maximum absolute atomic E-state index is 15.2. The minimum absolute atomic E-state index is 0.272. The van der Waals surface area contributed by atoms with Gasteiger partial charge in [0.2, 0.25) is 0 Å². The monoisotopic (exact) mass is 483 g/mol. The quantitative estimate of drug-likeness (QED) is 0.220. The molecule has 0 atom stereocenters. The third-order valence-electron chi connectivity index (χ3n) is 6.56. The molecular weight excluding hydrogens is 455 g/mol. The second-order valence-corrected chi connectivity index (χ2v) is 9.06. The summed E-state index contributed by atoms with van der Waals surface area (Å²) in [5.41, 5.74) is 4.06. The molecular formula is C32H28F3N. The fraction of sp³-hybridized carbons (Fsp3) is 0.219. The summed E-state index contributed by atoms with van der Waals surface area (Å²) in [6, 6.07) is 22.0. The molecule has 0 heterocycles. The zero-order chi connectivity index (χ0) is 25.5. The van der Waals surface area contributed by atoms with Crippen molar-refractivity contribution < 1.29 is 13.2 Å². The van der Waals surface area contributed by atoms with Crippen LogP contribution in [0.25, 0.3) is 10.8 Å². The van der Waals surface area contributed by atoms with E-state index in [2.05, 4.69) is 36.4 Å². The predicted molar refractivity (Wildman–Crippen MR) is 139 cm³/mol. The van der Waals surface area contributed by atoms with Crippen LogP contribution in [0.5, 0.6) is 0 Å². The van der Waals surface area contributed by atoms with E-state index < -0.39 is 17.2 Å². The minimum Gasteiger partial charge on any atom is -0.206 e. The summed E-state index contributed by atoms with van der Waals surface area (Å²) in [5, 5.41) is 10.2. The van der Waals surface area contributed by atoms with Crippen LogP contribution in [-0.4, -0.2) is 0 Å². The van der Waals surface area contributed by atoms with Crippen molar-refractivity contribution in [1.29, 1.82) is 5.26 Å². The summed E-state index contributed by atoms with van der Waals surface area (Å²) >= 11 is 0. The van der Waals surface area contributed by atoms with Gasteiger partial charge in [0, 0.05) is 5.39 Å². The molecule has 0 radical (unpaired) electrons. The van der Waals surface area contributed by atoms with Crippen LogP contribution in [0.1, 0.15) is 46.7 Å². The number of halogens is 3. The minimum atomic E-state index is -0.889. The molecule has 4 rings (SSSR count).